The Kier molecular flexibility index (Phi) is 4.56. The zero-order valence-electron chi connectivity index (χ0n) is 12.1. The number of nitrogens with zero attached hydrogens (tertiary/aromatic N) is 1. The number of nitrogens with one attached hydrogen (secondary N) is 1. The Balaban J connectivity index is 2.12. The van der Waals surface area contributed by atoms with Gasteiger partial charge in [0.15, 0.2) is 0 Å². The van der Waals surface area contributed by atoms with Crippen LogP contribution in [0, 0.1) is 0 Å². The summed E-state index contributed by atoms with van der Waals surface area (Å²) in [6.07, 6.45) is -3.96. The first-order valence-corrected chi connectivity index (χ1v) is 6.95. The van der Waals surface area contributed by atoms with Crippen LogP contribution in [0.25, 0.3) is 0 Å². The maximum atomic E-state index is 12.6. The standard InChI is InChI=1S/C15H19F3N2O/c1-10(2)20(9-15(16,17)18)14(21)13-7-11-5-3-4-6-12(11)8-19-13/h3-6,10,13,19H,7-9H2,1-2H3/t13-/m0/s1. The minimum atomic E-state index is -4.38. The fourth-order valence-electron chi connectivity index (χ4n) is 2.54. The Bertz CT molecular complexity index is 514. The molecule has 1 aromatic carbocycles. The number of carbonyl (C=O) groups excluding carboxylic acids is 1. The van der Waals surface area contributed by atoms with Crippen molar-refractivity contribution >= 4 is 5.91 Å². The molecule has 0 spiro atoms. The summed E-state index contributed by atoms with van der Waals surface area (Å²) in [5, 5.41) is 3.04. The summed E-state index contributed by atoms with van der Waals surface area (Å²) >= 11 is 0. The summed E-state index contributed by atoms with van der Waals surface area (Å²) in [4.78, 5) is 13.3. The molecule has 1 aliphatic rings. The monoisotopic (exact) mass is 300 g/mol. The zero-order valence-corrected chi connectivity index (χ0v) is 12.1. The van der Waals surface area contributed by atoms with Gasteiger partial charge in [0.05, 0.1) is 6.04 Å². The molecular formula is C15H19F3N2O. The maximum Gasteiger partial charge on any atom is 0.406 e. The van der Waals surface area contributed by atoms with E-state index in [1.165, 1.54) is 0 Å². The molecule has 6 heteroatoms. The Morgan fingerprint density at radius 1 is 1.33 bits per heavy atom. The number of amides is 1. The van der Waals surface area contributed by atoms with Crippen LogP contribution in [0.4, 0.5) is 13.2 Å². The molecule has 1 atom stereocenters. The Labute approximate surface area is 122 Å². The van der Waals surface area contributed by atoms with Gasteiger partial charge in [0.2, 0.25) is 5.91 Å². The summed E-state index contributed by atoms with van der Waals surface area (Å²) in [6.45, 7) is 2.49. The van der Waals surface area contributed by atoms with Gasteiger partial charge < -0.3 is 10.2 Å². The third kappa shape index (κ3) is 3.97. The number of hydrogen-bond acceptors (Lipinski definition) is 2. The number of benzene rings is 1. The molecule has 0 aliphatic carbocycles. The Morgan fingerprint density at radius 2 is 1.95 bits per heavy atom. The summed E-state index contributed by atoms with van der Waals surface area (Å²) < 4.78 is 37.9. The van der Waals surface area contributed by atoms with Crippen LogP contribution in [0.5, 0.6) is 0 Å². The topological polar surface area (TPSA) is 32.3 Å². The van der Waals surface area contributed by atoms with Gasteiger partial charge in [-0.2, -0.15) is 13.2 Å². The molecular weight excluding hydrogens is 281 g/mol. The lowest BCUT2D eigenvalue weighted by Gasteiger charge is -2.33. The normalized spacial score (nSPS) is 18.5. The van der Waals surface area contributed by atoms with E-state index >= 15 is 0 Å². The number of carbonyl (C=O) groups is 1. The van der Waals surface area contributed by atoms with Crippen molar-refractivity contribution in [1.29, 1.82) is 0 Å². The lowest BCUT2D eigenvalue weighted by molar-refractivity contribution is -0.166. The first-order valence-electron chi connectivity index (χ1n) is 6.95. The second-order valence-corrected chi connectivity index (χ2v) is 5.58. The van der Waals surface area contributed by atoms with Gasteiger partial charge >= 0.3 is 6.18 Å². The fourth-order valence-corrected chi connectivity index (χ4v) is 2.54. The third-order valence-corrected chi connectivity index (χ3v) is 3.64. The summed E-state index contributed by atoms with van der Waals surface area (Å²) in [6, 6.07) is 6.58. The third-order valence-electron chi connectivity index (χ3n) is 3.64. The Hall–Kier alpha value is -1.56. The van der Waals surface area contributed by atoms with Crippen molar-refractivity contribution in [3.05, 3.63) is 35.4 Å². The van der Waals surface area contributed by atoms with Crippen LogP contribution in [-0.2, 0) is 17.8 Å². The van der Waals surface area contributed by atoms with E-state index in [-0.39, 0.29) is 0 Å². The van der Waals surface area contributed by atoms with Gasteiger partial charge in [-0.15, -0.1) is 0 Å². The SMILES string of the molecule is CC(C)N(CC(F)(F)F)C(=O)[C@@H]1Cc2ccccc2CN1. The second kappa shape index (κ2) is 6.05. The minimum Gasteiger partial charge on any atom is -0.330 e. The molecule has 0 saturated heterocycles. The quantitative estimate of drug-likeness (QED) is 0.930. The highest BCUT2D eigenvalue weighted by atomic mass is 19.4. The number of fused-ring (bicyclic) bond motifs is 1. The van der Waals surface area contributed by atoms with Crippen molar-refractivity contribution in [3.63, 3.8) is 0 Å². The second-order valence-electron chi connectivity index (χ2n) is 5.58. The molecule has 0 unspecified atom stereocenters. The molecule has 0 fully saturated rings. The van der Waals surface area contributed by atoms with Gasteiger partial charge in [-0.25, -0.2) is 0 Å². The van der Waals surface area contributed by atoms with Crippen LogP contribution in [0.2, 0.25) is 0 Å². The number of alkyl halides is 3. The van der Waals surface area contributed by atoms with Crippen molar-refractivity contribution in [2.45, 2.75) is 45.1 Å². The van der Waals surface area contributed by atoms with Gasteiger partial charge in [0.1, 0.15) is 6.54 Å². The minimum absolute atomic E-state index is 0.427. The van der Waals surface area contributed by atoms with Gasteiger partial charge in [0.25, 0.3) is 0 Å². The first-order chi connectivity index (χ1) is 9.78. The predicted molar refractivity (Wildman–Crippen MR) is 73.7 cm³/mol. The van der Waals surface area contributed by atoms with Gasteiger partial charge in [-0.05, 0) is 31.4 Å². The molecule has 1 aromatic rings. The van der Waals surface area contributed by atoms with Gasteiger partial charge in [-0.1, -0.05) is 24.3 Å². The molecule has 116 valence electrons. The number of rotatable bonds is 3. The molecule has 1 N–H and O–H groups in total. The van der Waals surface area contributed by atoms with E-state index in [0.717, 1.165) is 16.0 Å². The van der Waals surface area contributed by atoms with Crippen molar-refractivity contribution in [2.75, 3.05) is 6.54 Å². The molecule has 0 radical (unpaired) electrons. The molecule has 0 bridgehead atoms. The summed E-state index contributed by atoms with van der Waals surface area (Å²) in [5.41, 5.74) is 2.11. The largest absolute Gasteiger partial charge is 0.406 e. The molecule has 3 nitrogen and oxygen atoms in total. The highest BCUT2D eigenvalue weighted by Crippen LogP contribution is 2.21. The van der Waals surface area contributed by atoms with E-state index in [1.54, 1.807) is 13.8 Å². The van der Waals surface area contributed by atoms with E-state index < -0.39 is 30.7 Å². The molecule has 21 heavy (non-hydrogen) atoms. The van der Waals surface area contributed by atoms with Crippen LogP contribution in [0.3, 0.4) is 0 Å². The maximum absolute atomic E-state index is 12.6. The highest BCUT2D eigenvalue weighted by molar-refractivity contribution is 5.83. The van der Waals surface area contributed by atoms with Crippen molar-refractivity contribution in [3.8, 4) is 0 Å². The average Bonchev–Trinajstić information content (AvgIpc) is 2.42. The van der Waals surface area contributed by atoms with Gasteiger partial charge in [0, 0.05) is 12.6 Å². The smallest absolute Gasteiger partial charge is 0.330 e. The molecule has 2 rings (SSSR count). The average molecular weight is 300 g/mol. The molecule has 0 aromatic heterocycles. The molecule has 1 amide bonds. The number of halogens is 3. The van der Waals surface area contributed by atoms with Crippen molar-refractivity contribution < 1.29 is 18.0 Å². The lowest BCUT2D eigenvalue weighted by atomic mass is 9.95. The van der Waals surface area contributed by atoms with E-state index in [9.17, 15) is 18.0 Å². The van der Waals surface area contributed by atoms with Crippen LogP contribution in [-0.4, -0.2) is 35.6 Å². The fraction of sp³-hybridized carbons (Fsp3) is 0.533. The van der Waals surface area contributed by atoms with Gasteiger partial charge in [-0.3, -0.25) is 4.79 Å². The number of hydrogen-bond donors (Lipinski definition) is 1. The summed E-state index contributed by atoms with van der Waals surface area (Å²) in [7, 11) is 0. The predicted octanol–water partition coefficient (Wildman–Crippen LogP) is 2.50. The van der Waals surface area contributed by atoms with E-state index in [2.05, 4.69) is 5.32 Å². The van der Waals surface area contributed by atoms with Crippen LogP contribution in [0.1, 0.15) is 25.0 Å². The van der Waals surface area contributed by atoms with E-state index in [0.29, 0.717) is 13.0 Å². The highest BCUT2D eigenvalue weighted by Gasteiger charge is 2.37. The molecule has 0 saturated carbocycles. The van der Waals surface area contributed by atoms with Crippen LogP contribution >= 0.6 is 0 Å². The first kappa shape index (κ1) is 15.8. The van der Waals surface area contributed by atoms with Crippen LogP contribution in [0.15, 0.2) is 24.3 Å². The van der Waals surface area contributed by atoms with Crippen molar-refractivity contribution in [1.82, 2.24) is 10.2 Å². The van der Waals surface area contributed by atoms with Crippen molar-refractivity contribution in [2.24, 2.45) is 0 Å². The molecule has 1 heterocycles. The zero-order chi connectivity index (χ0) is 15.6. The van der Waals surface area contributed by atoms with E-state index in [4.69, 9.17) is 0 Å². The Morgan fingerprint density at radius 3 is 2.52 bits per heavy atom. The van der Waals surface area contributed by atoms with Crippen LogP contribution < -0.4 is 5.32 Å². The lowest BCUT2D eigenvalue weighted by Crippen LogP contribution is -2.53. The molecule has 1 aliphatic heterocycles. The van der Waals surface area contributed by atoms with E-state index in [1.807, 2.05) is 24.3 Å². The summed E-state index contributed by atoms with van der Waals surface area (Å²) in [5.74, 6) is -0.489.